The van der Waals surface area contributed by atoms with Crippen LogP contribution in [0.1, 0.15) is 18.9 Å². The van der Waals surface area contributed by atoms with Gasteiger partial charge in [0.1, 0.15) is 10.5 Å². The number of alkyl halides is 3. The fraction of sp³-hybridized carbons (Fsp3) is 0.222. The van der Waals surface area contributed by atoms with Gasteiger partial charge in [-0.15, -0.1) is 13.2 Å². The van der Waals surface area contributed by atoms with Gasteiger partial charge < -0.3 is 0 Å². The van der Waals surface area contributed by atoms with Crippen molar-refractivity contribution in [2.45, 2.75) is 25.3 Å². The molecule has 0 nitrogen and oxygen atoms in total. The summed E-state index contributed by atoms with van der Waals surface area (Å²) in [5.74, 6) is 0. The van der Waals surface area contributed by atoms with Gasteiger partial charge in [0.15, 0.2) is 9.58 Å². The Morgan fingerprint density at radius 1 is 0.955 bits per heavy atom. The van der Waals surface area contributed by atoms with Gasteiger partial charge in [0.25, 0.3) is 0 Å². The summed E-state index contributed by atoms with van der Waals surface area (Å²) < 4.78 is 41.4. The van der Waals surface area contributed by atoms with E-state index in [0.29, 0.717) is 15.0 Å². The largest absolute Gasteiger partial charge is 0.601 e. The van der Waals surface area contributed by atoms with Crippen LogP contribution in [0.4, 0.5) is 13.2 Å². The summed E-state index contributed by atoms with van der Waals surface area (Å²) >= 11 is 0. The third kappa shape index (κ3) is 2.63. The Morgan fingerprint density at radius 3 is 2.36 bits per heavy atom. The van der Waals surface area contributed by atoms with E-state index in [1.165, 1.54) is 0 Å². The molecule has 1 atom stereocenters. The molecule has 1 heterocycles. The molecule has 3 aromatic rings. The summed E-state index contributed by atoms with van der Waals surface area (Å²) in [5.41, 5.74) is -2.52. The molecule has 0 amide bonds. The second-order valence-electron chi connectivity index (χ2n) is 5.21. The van der Waals surface area contributed by atoms with Gasteiger partial charge in [-0.25, -0.2) is 0 Å². The Bertz CT molecular complexity index is 799. The molecule has 22 heavy (non-hydrogen) atoms. The zero-order valence-electron chi connectivity index (χ0n) is 12.2. The first kappa shape index (κ1) is 15.1. The van der Waals surface area contributed by atoms with Crippen LogP contribution in [-0.4, -0.2) is 0 Å². The summed E-state index contributed by atoms with van der Waals surface area (Å²) in [6.07, 6.45) is 1.70. The highest BCUT2D eigenvalue weighted by molar-refractivity contribution is 7.41. The lowest BCUT2D eigenvalue weighted by Crippen LogP contribution is -1.97. The minimum atomic E-state index is -4.25. The quantitative estimate of drug-likeness (QED) is 0.472. The molecule has 1 aromatic heterocycles. The summed E-state index contributed by atoms with van der Waals surface area (Å²) in [5, 5.41) is 0.685. The summed E-state index contributed by atoms with van der Waals surface area (Å²) in [6, 6.07) is 16.0. The first-order chi connectivity index (χ1) is 10.5. The third-order valence-electron chi connectivity index (χ3n) is 3.68. The van der Waals surface area contributed by atoms with Crippen LogP contribution in [0.2, 0.25) is 0 Å². The van der Waals surface area contributed by atoms with Gasteiger partial charge in [0.2, 0.25) is 0 Å². The molecule has 0 radical (unpaired) electrons. The van der Waals surface area contributed by atoms with Crippen LogP contribution in [0.25, 0.3) is 20.5 Å². The van der Waals surface area contributed by atoms with Crippen LogP contribution in [0.15, 0.2) is 54.6 Å². The Balaban J connectivity index is 2.32. The molecule has 0 aliphatic rings. The molecule has 0 aliphatic heterocycles. The van der Waals surface area contributed by atoms with Crippen LogP contribution in [0.5, 0.6) is 0 Å². The fourth-order valence-corrected chi connectivity index (χ4v) is 4.77. The molecule has 4 heteroatoms. The molecule has 3 rings (SSSR count). The number of benzene rings is 2. The SMILES string of the molecule is CCCc1ccccc1-c1cc2ccccc2[s+]1C(F)(F)F. The van der Waals surface area contributed by atoms with E-state index < -0.39 is 16.0 Å². The first-order valence-electron chi connectivity index (χ1n) is 7.22. The topological polar surface area (TPSA) is 0 Å². The van der Waals surface area contributed by atoms with Crippen molar-refractivity contribution in [3.05, 3.63) is 60.2 Å². The Kier molecular flexibility index (Phi) is 3.96. The average Bonchev–Trinajstić information content (AvgIpc) is 2.87. The zero-order chi connectivity index (χ0) is 15.7. The third-order valence-corrected chi connectivity index (χ3v) is 5.73. The van der Waals surface area contributed by atoms with E-state index in [4.69, 9.17) is 0 Å². The number of thiophene rings is 1. The van der Waals surface area contributed by atoms with Crippen molar-refractivity contribution in [2.24, 2.45) is 0 Å². The molecule has 0 saturated carbocycles. The Morgan fingerprint density at radius 2 is 1.64 bits per heavy atom. The van der Waals surface area contributed by atoms with Gasteiger partial charge >= 0.3 is 5.51 Å². The van der Waals surface area contributed by atoms with E-state index in [-0.39, 0.29) is 0 Å². The standard InChI is InChI=1S/C18H16F3S/c1-2-7-13-8-3-5-10-15(13)17-12-14-9-4-6-11-16(14)22(17)18(19,20)21/h3-6,8-12H,2,7H2,1H3/q+1. The number of halogens is 3. The predicted octanol–water partition coefficient (Wildman–Crippen LogP) is 6.68. The molecule has 1 unspecified atom stereocenters. The second-order valence-corrected chi connectivity index (χ2v) is 7.16. The van der Waals surface area contributed by atoms with Gasteiger partial charge in [0, 0.05) is 17.0 Å². The van der Waals surface area contributed by atoms with Crippen LogP contribution in [-0.2, 0) is 11.9 Å². The molecule has 114 valence electrons. The molecule has 0 N–H and O–H groups in total. The monoisotopic (exact) mass is 321 g/mol. The van der Waals surface area contributed by atoms with Crippen LogP contribution in [0, 0.1) is 0 Å². The maximum atomic E-state index is 13.7. The molecule has 0 fully saturated rings. The molecule has 2 aromatic carbocycles. The normalized spacial score (nSPS) is 12.8. The highest BCUT2D eigenvalue weighted by Crippen LogP contribution is 2.54. The highest BCUT2D eigenvalue weighted by Gasteiger charge is 2.48. The summed E-state index contributed by atoms with van der Waals surface area (Å²) in [6.45, 7) is 2.04. The number of hydrogen-bond acceptors (Lipinski definition) is 0. The molecule has 0 spiro atoms. The number of hydrogen-bond donors (Lipinski definition) is 0. The maximum absolute atomic E-state index is 13.7. The van der Waals surface area contributed by atoms with Gasteiger partial charge in [-0.3, -0.25) is 0 Å². The van der Waals surface area contributed by atoms with Crippen LogP contribution >= 0.6 is 10.5 Å². The van der Waals surface area contributed by atoms with Crippen LogP contribution < -0.4 is 0 Å². The van der Waals surface area contributed by atoms with Crippen molar-refractivity contribution < 1.29 is 13.2 Å². The molecule has 0 bridgehead atoms. The Labute approximate surface area is 130 Å². The summed E-state index contributed by atoms with van der Waals surface area (Å²) in [4.78, 5) is 0.401. The van der Waals surface area contributed by atoms with Crippen molar-refractivity contribution in [3.8, 4) is 10.4 Å². The van der Waals surface area contributed by atoms with Gasteiger partial charge in [-0.1, -0.05) is 43.7 Å². The van der Waals surface area contributed by atoms with Crippen molar-refractivity contribution in [1.82, 2.24) is 0 Å². The van der Waals surface area contributed by atoms with Crippen LogP contribution in [0.3, 0.4) is 0 Å². The lowest BCUT2D eigenvalue weighted by atomic mass is 10.0. The van der Waals surface area contributed by atoms with Gasteiger partial charge in [0.05, 0.1) is 0 Å². The van der Waals surface area contributed by atoms with E-state index in [2.05, 4.69) is 0 Å². The molecule has 0 aliphatic carbocycles. The molecule has 0 saturated heterocycles. The van der Waals surface area contributed by atoms with Gasteiger partial charge in [-0.2, -0.15) is 0 Å². The number of fused-ring (bicyclic) bond motifs is 1. The highest BCUT2D eigenvalue weighted by atomic mass is 32.2. The van der Waals surface area contributed by atoms with E-state index in [0.717, 1.165) is 24.0 Å². The Hall–Kier alpha value is -1.81. The molecular formula is C18H16F3S+. The minimum absolute atomic E-state index is 0.385. The average molecular weight is 321 g/mol. The summed E-state index contributed by atoms with van der Waals surface area (Å²) in [7, 11) is -1.86. The van der Waals surface area contributed by atoms with E-state index >= 15 is 0 Å². The minimum Gasteiger partial charge on any atom is -0.118 e. The van der Waals surface area contributed by atoms with Crippen molar-refractivity contribution in [2.75, 3.05) is 0 Å². The number of aryl methyl sites for hydroxylation is 1. The van der Waals surface area contributed by atoms with Gasteiger partial charge in [-0.05, 0) is 30.2 Å². The van der Waals surface area contributed by atoms with Crippen molar-refractivity contribution >= 4 is 20.6 Å². The van der Waals surface area contributed by atoms with Crippen molar-refractivity contribution in [3.63, 3.8) is 0 Å². The fourth-order valence-electron chi connectivity index (χ4n) is 2.79. The predicted molar refractivity (Wildman–Crippen MR) is 87.2 cm³/mol. The van der Waals surface area contributed by atoms with Crippen molar-refractivity contribution in [1.29, 1.82) is 0 Å². The van der Waals surface area contributed by atoms with E-state index in [1.807, 2.05) is 31.2 Å². The first-order valence-corrected chi connectivity index (χ1v) is 8.45. The maximum Gasteiger partial charge on any atom is 0.601 e. The molecular weight excluding hydrogens is 305 g/mol. The lowest BCUT2D eigenvalue weighted by molar-refractivity contribution is -0.0864. The smallest absolute Gasteiger partial charge is 0.118 e. The van der Waals surface area contributed by atoms with E-state index in [1.54, 1.807) is 30.3 Å². The lowest BCUT2D eigenvalue weighted by Gasteiger charge is -2.06. The zero-order valence-corrected chi connectivity index (χ0v) is 13.0. The van der Waals surface area contributed by atoms with E-state index in [9.17, 15) is 13.2 Å². The second kappa shape index (κ2) is 5.76. The number of rotatable bonds is 3.